The van der Waals surface area contributed by atoms with E-state index in [0.29, 0.717) is 0 Å². The van der Waals surface area contributed by atoms with E-state index < -0.39 is 0 Å². The molecule has 0 aliphatic carbocycles. The van der Waals surface area contributed by atoms with Gasteiger partial charge in [0.25, 0.3) is 0 Å². The van der Waals surface area contributed by atoms with E-state index in [1.807, 2.05) is 12.4 Å². The second kappa shape index (κ2) is 6.23. The molecule has 2 aliphatic heterocycles. The minimum Gasteiger partial charge on any atom is -0.370 e. The molecule has 19 heavy (non-hydrogen) atoms. The molecular formula is C15H22BrN3. The van der Waals surface area contributed by atoms with Gasteiger partial charge < -0.3 is 9.80 Å². The van der Waals surface area contributed by atoms with Crippen LogP contribution < -0.4 is 4.90 Å². The monoisotopic (exact) mass is 323 g/mol. The molecule has 3 heterocycles. The summed E-state index contributed by atoms with van der Waals surface area (Å²) in [5.41, 5.74) is 1.26. The summed E-state index contributed by atoms with van der Waals surface area (Å²) in [5.74, 6) is 0. The molecule has 0 aromatic carbocycles. The maximum Gasteiger partial charge on any atom is 0.0564 e. The molecule has 0 amide bonds. The van der Waals surface area contributed by atoms with Crippen molar-refractivity contribution in [3.05, 3.63) is 22.9 Å². The molecule has 2 saturated heterocycles. The van der Waals surface area contributed by atoms with Crippen molar-refractivity contribution in [2.45, 2.75) is 38.1 Å². The fourth-order valence-electron chi connectivity index (χ4n) is 3.35. The number of anilines is 1. The second-order valence-electron chi connectivity index (χ2n) is 5.68. The first-order chi connectivity index (χ1) is 9.33. The molecule has 3 rings (SSSR count). The molecule has 0 bridgehead atoms. The lowest BCUT2D eigenvalue weighted by Crippen LogP contribution is -2.46. The van der Waals surface area contributed by atoms with E-state index in [0.717, 1.165) is 10.5 Å². The molecule has 4 heteroatoms. The van der Waals surface area contributed by atoms with Gasteiger partial charge in [0.2, 0.25) is 0 Å². The zero-order valence-corrected chi connectivity index (χ0v) is 13.0. The van der Waals surface area contributed by atoms with Crippen LogP contribution in [0.15, 0.2) is 22.9 Å². The molecule has 2 aliphatic rings. The van der Waals surface area contributed by atoms with Crippen LogP contribution in [0.2, 0.25) is 0 Å². The molecule has 1 aromatic heterocycles. The molecule has 0 saturated carbocycles. The normalized spacial score (nSPS) is 22.7. The van der Waals surface area contributed by atoms with Gasteiger partial charge in [-0.2, -0.15) is 0 Å². The zero-order valence-electron chi connectivity index (χ0n) is 11.4. The Morgan fingerprint density at radius 1 is 1.00 bits per heavy atom. The van der Waals surface area contributed by atoms with Crippen molar-refractivity contribution in [2.24, 2.45) is 0 Å². The van der Waals surface area contributed by atoms with Crippen molar-refractivity contribution in [3.8, 4) is 0 Å². The third-order valence-electron chi connectivity index (χ3n) is 4.43. The summed E-state index contributed by atoms with van der Waals surface area (Å²) in [4.78, 5) is 9.46. The van der Waals surface area contributed by atoms with Gasteiger partial charge in [0.1, 0.15) is 0 Å². The topological polar surface area (TPSA) is 19.4 Å². The van der Waals surface area contributed by atoms with Gasteiger partial charge in [0.05, 0.1) is 11.9 Å². The second-order valence-corrected chi connectivity index (χ2v) is 6.59. The van der Waals surface area contributed by atoms with Crippen LogP contribution in [0.3, 0.4) is 0 Å². The summed E-state index contributed by atoms with van der Waals surface area (Å²) >= 11 is 3.51. The lowest BCUT2D eigenvalue weighted by molar-refractivity contribution is 0.141. The minimum atomic E-state index is 0.816. The lowest BCUT2D eigenvalue weighted by atomic mass is 9.99. The van der Waals surface area contributed by atoms with Crippen LogP contribution in [0.1, 0.15) is 32.1 Å². The van der Waals surface area contributed by atoms with Crippen molar-refractivity contribution < 1.29 is 0 Å². The van der Waals surface area contributed by atoms with Crippen LogP contribution in [0.25, 0.3) is 0 Å². The fraction of sp³-hybridized carbons (Fsp3) is 0.667. The first kappa shape index (κ1) is 13.4. The van der Waals surface area contributed by atoms with Crippen LogP contribution in [-0.4, -0.2) is 42.1 Å². The predicted octanol–water partition coefficient (Wildman–Crippen LogP) is 3.30. The predicted molar refractivity (Wildman–Crippen MR) is 82.6 cm³/mol. The molecule has 104 valence electrons. The standard InChI is InChI=1S/C15H22BrN3/c16-13-10-15(12-17-11-13)19-8-4-14(5-9-19)18-6-2-1-3-7-18/h10-12,14H,1-9H2. The number of rotatable bonds is 2. The molecule has 0 radical (unpaired) electrons. The molecule has 0 N–H and O–H groups in total. The Balaban J connectivity index is 1.57. The molecule has 0 atom stereocenters. The highest BCUT2D eigenvalue weighted by atomic mass is 79.9. The van der Waals surface area contributed by atoms with E-state index in [2.05, 4.69) is 36.8 Å². The van der Waals surface area contributed by atoms with E-state index in [9.17, 15) is 0 Å². The van der Waals surface area contributed by atoms with E-state index in [1.54, 1.807) is 0 Å². The highest BCUT2D eigenvalue weighted by molar-refractivity contribution is 9.10. The number of hydrogen-bond acceptors (Lipinski definition) is 3. The highest BCUT2D eigenvalue weighted by Crippen LogP contribution is 2.25. The lowest BCUT2D eigenvalue weighted by Gasteiger charge is -2.40. The quantitative estimate of drug-likeness (QED) is 0.832. The van der Waals surface area contributed by atoms with Gasteiger partial charge in [0.15, 0.2) is 0 Å². The Kier molecular flexibility index (Phi) is 4.38. The maximum atomic E-state index is 4.27. The summed E-state index contributed by atoms with van der Waals surface area (Å²) in [6.45, 7) is 4.98. The average Bonchev–Trinajstić information content (AvgIpc) is 2.48. The van der Waals surface area contributed by atoms with Crippen LogP contribution in [0, 0.1) is 0 Å². The van der Waals surface area contributed by atoms with E-state index in [4.69, 9.17) is 0 Å². The van der Waals surface area contributed by atoms with Gasteiger partial charge in [0, 0.05) is 29.8 Å². The van der Waals surface area contributed by atoms with E-state index >= 15 is 0 Å². The van der Waals surface area contributed by atoms with Crippen LogP contribution in [0.4, 0.5) is 5.69 Å². The molecule has 3 nitrogen and oxygen atoms in total. The molecular weight excluding hydrogens is 302 g/mol. The van der Waals surface area contributed by atoms with Gasteiger partial charge in [-0.15, -0.1) is 0 Å². The van der Waals surface area contributed by atoms with Crippen molar-refractivity contribution in [3.63, 3.8) is 0 Å². The molecule has 0 spiro atoms. The molecule has 2 fully saturated rings. The number of likely N-dealkylation sites (tertiary alicyclic amines) is 1. The summed E-state index contributed by atoms with van der Waals surface area (Å²) in [6, 6.07) is 2.99. The Morgan fingerprint density at radius 2 is 1.74 bits per heavy atom. The van der Waals surface area contributed by atoms with Crippen molar-refractivity contribution >= 4 is 21.6 Å². The maximum absolute atomic E-state index is 4.27. The Morgan fingerprint density at radius 3 is 2.42 bits per heavy atom. The summed E-state index contributed by atoms with van der Waals surface area (Å²) in [5, 5.41) is 0. The van der Waals surface area contributed by atoms with E-state index in [-0.39, 0.29) is 0 Å². The van der Waals surface area contributed by atoms with Gasteiger partial charge in [-0.3, -0.25) is 4.98 Å². The van der Waals surface area contributed by atoms with Gasteiger partial charge in [-0.25, -0.2) is 0 Å². The SMILES string of the molecule is Brc1cncc(N2CCC(N3CCCCC3)CC2)c1. The van der Waals surface area contributed by atoms with Crippen molar-refractivity contribution in [2.75, 3.05) is 31.1 Å². The number of piperidine rings is 2. The summed E-state index contributed by atoms with van der Waals surface area (Å²) in [6.07, 6.45) is 10.7. The van der Waals surface area contributed by atoms with Crippen molar-refractivity contribution in [1.82, 2.24) is 9.88 Å². The number of halogens is 1. The Labute approximate surface area is 124 Å². The fourth-order valence-corrected chi connectivity index (χ4v) is 3.70. The number of nitrogens with zero attached hydrogens (tertiary/aromatic N) is 3. The van der Waals surface area contributed by atoms with Crippen LogP contribution in [-0.2, 0) is 0 Å². The average molecular weight is 324 g/mol. The number of aromatic nitrogens is 1. The smallest absolute Gasteiger partial charge is 0.0564 e. The van der Waals surface area contributed by atoms with Gasteiger partial charge in [-0.1, -0.05) is 6.42 Å². The molecule has 0 unspecified atom stereocenters. The third-order valence-corrected chi connectivity index (χ3v) is 4.86. The third kappa shape index (κ3) is 3.29. The Bertz CT molecular complexity index is 410. The number of hydrogen-bond donors (Lipinski definition) is 0. The zero-order chi connectivity index (χ0) is 13.1. The Hall–Kier alpha value is -0.610. The summed E-state index contributed by atoms with van der Waals surface area (Å²) in [7, 11) is 0. The van der Waals surface area contributed by atoms with E-state index in [1.165, 1.54) is 64.0 Å². The van der Waals surface area contributed by atoms with Crippen LogP contribution >= 0.6 is 15.9 Å². The minimum absolute atomic E-state index is 0.816. The summed E-state index contributed by atoms with van der Waals surface area (Å²) < 4.78 is 1.07. The van der Waals surface area contributed by atoms with Gasteiger partial charge in [-0.05, 0) is 60.8 Å². The van der Waals surface area contributed by atoms with Crippen LogP contribution in [0.5, 0.6) is 0 Å². The van der Waals surface area contributed by atoms with Gasteiger partial charge >= 0.3 is 0 Å². The highest BCUT2D eigenvalue weighted by Gasteiger charge is 2.25. The first-order valence-corrected chi connectivity index (χ1v) is 8.22. The van der Waals surface area contributed by atoms with Crippen molar-refractivity contribution in [1.29, 1.82) is 0 Å². The number of pyridine rings is 1. The molecule has 1 aromatic rings. The largest absolute Gasteiger partial charge is 0.370 e. The first-order valence-electron chi connectivity index (χ1n) is 7.42.